The van der Waals surface area contributed by atoms with Crippen molar-refractivity contribution in [2.24, 2.45) is 11.3 Å². The van der Waals surface area contributed by atoms with Crippen molar-refractivity contribution in [3.05, 3.63) is 11.6 Å². The number of aldehydes is 1. The third-order valence-electron chi connectivity index (χ3n) is 2.59. The van der Waals surface area contributed by atoms with Crippen molar-refractivity contribution in [2.75, 3.05) is 0 Å². The molecule has 1 heteroatoms. The van der Waals surface area contributed by atoms with Crippen molar-refractivity contribution < 1.29 is 4.79 Å². The van der Waals surface area contributed by atoms with Gasteiger partial charge in [0.15, 0.2) is 0 Å². The zero-order valence-corrected chi connectivity index (χ0v) is 7.55. The van der Waals surface area contributed by atoms with Gasteiger partial charge < -0.3 is 4.79 Å². The molecule has 62 valence electrons. The zero-order chi connectivity index (χ0) is 8.48. The minimum absolute atomic E-state index is 0.155. The lowest BCUT2D eigenvalue weighted by atomic mass is 9.80. The quantitative estimate of drug-likeness (QED) is 0.439. The van der Waals surface area contributed by atoms with Gasteiger partial charge in [0.1, 0.15) is 6.29 Å². The summed E-state index contributed by atoms with van der Waals surface area (Å²) in [4.78, 5) is 10.7. The SMILES string of the molecule is CC1=CC(C(C)(C)C=O)CC1. The minimum atomic E-state index is -0.155. The van der Waals surface area contributed by atoms with Crippen molar-refractivity contribution in [3.8, 4) is 0 Å². The summed E-state index contributed by atoms with van der Waals surface area (Å²) >= 11 is 0. The molecule has 1 atom stereocenters. The molecule has 0 aliphatic heterocycles. The Morgan fingerprint density at radius 2 is 2.27 bits per heavy atom. The molecule has 1 nitrogen and oxygen atoms in total. The first-order valence-corrected chi connectivity index (χ1v) is 4.20. The van der Waals surface area contributed by atoms with Crippen LogP contribution in [0.1, 0.15) is 33.6 Å². The average molecular weight is 152 g/mol. The average Bonchev–Trinajstić information content (AvgIpc) is 2.36. The maximum atomic E-state index is 10.7. The van der Waals surface area contributed by atoms with Gasteiger partial charge in [-0.05, 0) is 25.7 Å². The van der Waals surface area contributed by atoms with Gasteiger partial charge in [-0.3, -0.25) is 0 Å². The number of rotatable bonds is 2. The van der Waals surface area contributed by atoms with E-state index in [2.05, 4.69) is 13.0 Å². The summed E-state index contributed by atoms with van der Waals surface area (Å²) in [6.07, 6.45) is 5.64. The standard InChI is InChI=1S/C10H16O/c1-8-4-5-9(6-8)10(2,3)7-11/h6-7,9H,4-5H2,1-3H3. The predicted molar refractivity (Wildman–Crippen MR) is 46.3 cm³/mol. The molecule has 0 fully saturated rings. The molecule has 0 heterocycles. The Hall–Kier alpha value is -0.590. The second kappa shape index (κ2) is 2.80. The van der Waals surface area contributed by atoms with E-state index in [1.54, 1.807) is 0 Å². The summed E-state index contributed by atoms with van der Waals surface area (Å²) < 4.78 is 0. The van der Waals surface area contributed by atoms with Crippen LogP contribution in [0.3, 0.4) is 0 Å². The van der Waals surface area contributed by atoms with Crippen LogP contribution in [0.5, 0.6) is 0 Å². The van der Waals surface area contributed by atoms with E-state index in [-0.39, 0.29) is 5.41 Å². The van der Waals surface area contributed by atoms with E-state index in [0.717, 1.165) is 12.7 Å². The molecule has 1 aliphatic rings. The highest BCUT2D eigenvalue weighted by atomic mass is 16.1. The topological polar surface area (TPSA) is 17.1 Å². The van der Waals surface area contributed by atoms with Gasteiger partial charge in [-0.25, -0.2) is 0 Å². The molecule has 0 amide bonds. The van der Waals surface area contributed by atoms with Gasteiger partial charge in [-0.2, -0.15) is 0 Å². The van der Waals surface area contributed by atoms with Crippen molar-refractivity contribution >= 4 is 6.29 Å². The lowest BCUT2D eigenvalue weighted by Crippen LogP contribution is -2.22. The van der Waals surface area contributed by atoms with E-state index in [1.165, 1.54) is 12.0 Å². The van der Waals surface area contributed by atoms with Gasteiger partial charge in [0.25, 0.3) is 0 Å². The van der Waals surface area contributed by atoms with Gasteiger partial charge in [-0.15, -0.1) is 0 Å². The molecular formula is C10H16O. The smallest absolute Gasteiger partial charge is 0.126 e. The number of hydrogen-bond donors (Lipinski definition) is 0. The molecule has 0 aromatic carbocycles. The van der Waals surface area contributed by atoms with Crippen molar-refractivity contribution in [2.45, 2.75) is 33.6 Å². The van der Waals surface area contributed by atoms with E-state index >= 15 is 0 Å². The molecule has 0 spiro atoms. The molecule has 1 rings (SSSR count). The van der Waals surface area contributed by atoms with Crippen LogP contribution in [-0.4, -0.2) is 6.29 Å². The largest absolute Gasteiger partial charge is 0.303 e. The zero-order valence-electron chi connectivity index (χ0n) is 7.55. The highest BCUT2D eigenvalue weighted by Gasteiger charge is 2.29. The maximum absolute atomic E-state index is 10.7. The van der Waals surface area contributed by atoms with Crippen LogP contribution >= 0.6 is 0 Å². The Morgan fingerprint density at radius 1 is 1.64 bits per heavy atom. The Morgan fingerprint density at radius 3 is 2.64 bits per heavy atom. The molecule has 0 bridgehead atoms. The summed E-state index contributed by atoms with van der Waals surface area (Å²) in [5.74, 6) is 0.472. The summed E-state index contributed by atoms with van der Waals surface area (Å²) in [5.41, 5.74) is 1.28. The van der Waals surface area contributed by atoms with Crippen molar-refractivity contribution in [1.29, 1.82) is 0 Å². The van der Waals surface area contributed by atoms with Crippen LogP contribution in [0, 0.1) is 11.3 Å². The molecular weight excluding hydrogens is 136 g/mol. The second-order valence-corrected chi connectivity index (χ2v) is 4.10. The number of allylic oxidation sites excluding steroid dienone is 2. The molecule has 0 aromatic rings. The fourth-order valence-corrected chi connectivity index (χ4v) is 1.57. The van der Waals surface area contributed by atoms with E-state index < -0.39 is 0 Å². The summed E-state index contributed by atoms with van der Waals surface area (Å²) in [6, 6.07) is 0. The van der Waals surface area contributed by atoms with Crippen LogP contribution < -0.4 is 0 Å². The second-order valence-electron chi connectivity index (χ2n) is 4.10. The van der Waals surface area contributed by atoms with Gasteiger partial charge >= 0.3 is 0 Å². The molecule has 0 N–H and O–H groups in total. The van der Waals surface area contributed by atoms with Crippen molar-refractivity contribution in [1.82, 2.24) is 0 Å². The Balaban J connectivity index is 2.70. The van der Waals surface area contributed by atoms with E-state index in [4.69, 9.17) is 0 Å². The van der Waals surface area contributed by atoms with Crippen molar-refractivity contribution in [3.63, 3.8) is 0 Å². The summed E-state index contributed by atoms with van der Waals surface area (Å²) in [7, 11) is 0. The summed E-state index contributed by atoms with van der Waals surface area (Å²) in [6.45, 7) is 6.17. The molecule has 1 aliphatic carbocycles. The van der Waals surface area contributed by atoms with Gasteiger partial charge in [0.2, 0.25) is 0 Å². The minimum Gasteiger partial charge on any atom is -0.303 e. The maximum Gasteiger partial charge on any atom is 0.126 e. The Kier molecular flexibility index (Phi) is 2.17. The lowest BCUT2D eigenvalue weighted by Gasteiger charge is -2.23. The van der Waals surface area contributed by atoms with Crippen LogP contribution in [0.15, 0.2) is 11.6 Å². The van der Waals surface area contributed by atoms with Crippen LogP contribution in [0.4, 0.5) is 0 Å². The van der Waals surface area contributed by atoms with E-state index in [0.29, 0.717) is 5.92 Å². The van der Waals surface area contributed by atoms with Gasteiger partial charge in [0, 0.05) is 5.41 Å². The molecule has 0 radical (unpaired) electrons. The van der Waals surface area contributed by atoms with Crippen LogP contribution in [-0.2, 0) is 4.79 Å². The first kappa shape index (κ1) is 8.51. The van der Waals surface area contributed by atoms with E-state index in [9.17, 15) is 4.79 Å². The molecule has 11 heavy (non-hydrogen) atoms. The van der Waals surface area contributed by atoms with Crippen LogP contribution in [0.25, 0.3) is 0 Å². The fourth-order valence-electron chi connectivity index (χ4n) is 1.57. The third kappa shape index (κ3) is 1.70. The molecule has 0 saturated heterocycles. The molecule has 0 saturated carbocycles. The first-order valence-electron chi connectivity index (χ1n) is 4.20. The molecule has 0 aromatic heterocycles. The third-order valence-corrected chi connectivity index (χ3v) is 2.59. The number of hydrogen-bond acceptors (Lipinski definition) is 1. The van der Waals surface area contributed by atoms with Gasteiger partial charge in [0.05, 0.1) is 0 Å². The molecule has 1 unspecified atom stereocenters. The lowest BCUT2D eigenvalue weighted by molar-refractivity contribution is -0.116. The normalized spacial score (nSPS) is 25.0. The number of carbonyl (C=O) groups excluding carboxylic acids is 1. The van der Waals surface area contributed by atoms with Gasteiger partial charge in [-0.1, -0.05) is 25.5 Å². The van der Waals surface area contributed by atoms with Crippen LogP contribution in [0.2, 0.25) is 0 Å². The first-order chi connectivity index (χ1) is 5.06. The Bertz CT molecular complexity index is 189. The highest BCUT2D eigenvalue weighted by Crippen LogP contribution is 2.36. The number of carbonyl (C=O) groups is 1. The Labute approximate surface area is 68.5 Å². The summed E-state index contributed by atoms with van der Waals surface area (Å²) in [5, 5.41) is 0. The monoisotopic (exact) mass is 152 g/mol. The predicted octanol–water partition coefficient (Wildman–Crippen LogP) is 2.57. The fraction of sp³-hybridized carbons (Fsp3) is 0.700. The highest BCUT2D eigenvalue weighted by molar-refractivity contribution is 5.59. The van der Waals surface area contributed by atoms with E-state index in [1.807, 2.05) is 13.8 Å².